The summed E-state index contributed by atoms with van der Waals surface area (Å²) in [6.07, 6.45) is 18.3. The van der Waals surface area contributed by atoms with Gasteiger partial charge in [0.1, 0.15) is 0 Å². The van der Waals surface area contributed by atoms with Crippen molar-refractivity contribution in [1.82, 2.24) is 0 Å². The van der Waals surface area contributed by atoms with Crippen molar-refractivity contribution in [2.24, 2.45) is 11.8 Å². The molecule has 0 spiro atoms. The zero-order valence-electron chi connectivity index (χ0n) is 21.2. The normalized spacial score (nSPS) is 22.8. The van der Waals surface area contributed by atoms with E-state index >= 15 is 0 Å². The van der Waals surface area contributed by atoms with Gasteiger partial charge in [-0.1, -0.05) is 109 Å². The van der Waals surface area contributed by atoms with Crippen molar-refractivity contribution in [2.45, 2.75) is 12.1 Å². The highest BCUT2D eigenvalue weighted by molar-refractivity contribution is 5.78. The monoisotopic (exact) mass is 490 g/mol. The second-order valence-electron chi connectivity index (χ2n) is 10.2. The molecule has 1 aliphatic heterocycles. The van der Waals surface area contributed by atoms with Gasteiger partial charge in [-0.15, -0.1) is 0 Å². The Kier molecular flexibility index (Phi) is 5.79. The molecule has 0 saturated carbocycles. The van der Waals surface area contributed by atoms with E-state index in [1.807, 2.05) is 0 Å². The molecule has 38 heavy (non-hydrogen) atoms. The quantitative estimate of drug-likeness (QED) is 0.276. The first-order valence-corrected chi connectivity index (χ1v) is 13.5. The van der Waals surface area contributed by atoms with Crippen LogP contribution in [0, 0.1) is 11.8 Å². The van der Waals surface area contributed by atoms with Gasteiger partial charge < -0.3 is 9.80 Å². The molecule has 4 unspecified atom stereocenters. The molecule has 1 fully saturated rings. The first-order chi connectivity index (χ1) is 18.9. The van der Waals surface area contributed by atoms with Crippen LogP contribution >= 0.6 is 0 Å². The molecular weight excluding hydrogens is 460 g/mol. The van der Waals surface area contributed by atoms with Crippen molar-refractivity contribution >= 4 is 22.7 Å². The highest BCUT2D eigenvalue weighted by Gasteiger charge is 2.45. The Bertz CT molecular complexity index is 1440. The zero-order valence-corrected chi connectivity index (χ0v) is 21.2. The third kappa shape index (κ3) is 3.99. The molecule has 184 valence electrons. The Hall–Kier alpha value is -4.56. The van der Waals surface area contributed by atoms with Crippen molar-refractivity contribution in [3.63, 3.8) is 0 Å². The number of fused-ring (bicyclic) bond motifs is 3. The number of allylic oxidation sites excluding steroid dienone is 4. The number of rotatable bonds is 5. The Balaban J connectivity index is 1.17. The molecule has 4 aromatic rings. The summed E-state index contributed by atoms with van der Waals surface area (Å²) >= 11 is 0. The van der Waals surface area contributed by atoms with Gasteiger partial charge in [-0.2, -0.15) is 0 Å². The number of hydrogen-bond acceptors (Lipinski definition) is 2. The van der Waals surface area contributed by atoms with Crippen LogP contribution in [0.4, 0.5) is 22.7 Å². The fourth-order valence-corrected chi connectivity index (χ4v) is 6.27. The average molecular weight is 491 g/mol. The molecule has 0 radical (unpaired) electrons. The van der Waals surface area contributed by atoms with Crippen LogP contribution in [0.2, 0.25) is 0 Å². The molecule has 2 heteroatoms. The minimum Gasteiger partial charge on any atom is -0.357 e. The summed E-state index contributed by atoms with van der Waals surface area (Å²) in [6.45, 7) is 0. The molecule has 1 heterocycles. The largest absolute Gasteiger partial charge is 0.357 e. The zero-order chi connectivity index (χ0) is 25.3. The highest BCUT2D eigenvalue weighted by atomic mass is 15.2. The molecule has 4 atom stereocenters. The van der Waals surface area contributed by atoms with E-state index in [0.717, 1.165) is 17.1 Å². The summed E-state index contributed by atoms with van der Waals surface area (Å²) in [7, 11) is 0. The van der Waals surface area contributed by atoms with Gasteiger partial charge in [-0.25, -0.2) is 0 Å². The molecule has 0 amide bonds. The van der Waals surface area contributed by atoms with Crippen LogP contribution in [-0.4, -0.2) is 12.1 Å². The minimum absolute atomic E-state index is 0.398. The van der Waals surface area contributed by atoms with E-state index in [0.29, 0.717) is 23.9 Å². The third-order valence-corrected chi connectivity index (χ3v) is 8.03. The first kappa shape index (κ1) is 22.6. The molecule has 4 aromatic carbocycles. The van der Waals surface area contributed by atoms with Crippen LogP contribution in [-0.2, 0) is 0 Å². The lowest BCUT2D eigenvalue weighted by atomic mass is 9.83. The SMILES string of the molecule is C1=CC2C3C=CC=CC3N(c3ccc(-c4ccc(N(c5ccccc5)c5ccccc5)cc4)cc3)C2C=C1. The van der Waals surface area contributed by atoms with Crippen molar-refractivity contribution in [3.8, 4) is 11.1 Å². The lowest BCUT2D eigenvalue weighted by Crippen LogP contribution is -2.36. The molecule has 1 saturated heterocycles. The molecule has 2 aliphatic carbocycles. The van der Waals surface area contributed by atoms with Gasteiger partial charge in [0, 0.05) is 34.6 Å². The standard InChI is InChI=1S/C36H30N2/c1-3-11-29(12-4-1)37(30-13-5-2-6-14-30)31-23-19-27(20-24-31)28-21-25-32(26-22-28)38-35-17-9-7-15-33(35)34-16-8-10-18-36(34)38/h1-26,33-36H. The van der Waals surface area contributed by atoms with Crippen molar-refractivity contribution in [3.05, 3.63) is 158 Å². The second kappa shape index (κ2) is 9.72. The van der Waals surface area contributed by atoms with Crippen LogP contribution in [0.3, 0.4) is 0 Å². The van der Waals surface area contributed by atoms with Gasteiger partial charge in [0.25, 0.3) is 0 Å². The Morgan fingerprint density at radius 2 is 0.842 bits per heavy atom. The maximum absolute atomic E-state index is 2.60. The average Bonchev–Trinajstić information content (AvgIpc) is 3.33. The van der Waals surface area contributed by atoms with Crippen molar-refractivity contribution in [2.75, 3.05) is 9.80 Å². The summed E-state index contributed by atoms with van der Waals surface area (Å²) in [5, 5.41) is 0. The highest BCUT2D eigenvalue weighted by Crippen LogP contribution is 2.44. The fraction of sp³-hybridized carbons (Fsp3) is 0.111. The smallest absolute Gasteiger partial charge is 0.0551 e. The van der Waals surface area contributed by atoms with Gasteiger partial charge >= 0.3 is 0 Å². The van der Waals surface area contributed by atoms with Gasteiger partial charge in [0.2, 0.25) is 0 Å². The molecular formula is C36H30N2. The molecule has 0 N–H and O–H groups in total. The van der Waals surface area contributed by atoms with Gasteiger partial charge in [-0.3, -0.25) is 0 Å². The lowest BCUT2D eigenvalue weighted by Gasteiger charge is -2.32. The van der Waals surface area contributed by atoms with Crippen LogP contribution < -0.4 is 9.80 Å². The Morgan fingerprint density at radius 1 is 0.421 bits per heavy atom. The lowest BCUT2D eigenvalue weighted by molar-refractivity contribution is 0.527. The topological polar surface area (TPSA) is 6.48 Å². The Labute approximate surface area is 225 Å². The van der Waals surface area contributed by atoms with E-state index in [1.165, 1.54) is 16.8 Å². The second-order valence-corrected chi connectivity index (χ2v) is 10.2. The number of hydrogen-bond donors (Lipinski definition) is 0. The van der Waals surface area contributed by atoms with E-state index in [1.54, 1.807) is 0 Å². The van der Waals surface area contributed by atoms with Crippen LogP contribution in [0.5, 0.6) is 0 Å². The molecule has 3 aliphatic rings. The number of anilines is 4. The van der Waals surface area contributed by atoms with E-state index in [2.05, 4.69) is 168 Å². The van der Waals surface area contributed by atoms with Gasteiger partial charge in [0.15, 0.2) is 0 Å². The number of para-hydroxylation sites is 2. The van der Waals surface area contributed by atoms with Gasteiger partial charge in [-0.05, 0) is 59.7 Å². The first-order valence-electron chi connectivity index (χ1n) is 13.5. The molecule has 7 rings (SSSR count). The van der Waals surface area contributed by atoms with Crippen molar-refractivity contribution < 1.29 is 0 Å². The fourth-order valence-electron chi connectivity index (χ4n) is 6.27. The predicted molar refractivity (Wildman–Crippen MR) is 160 cm³/mol. The number of benzene rings is 4. The summed E-state index contributed by atoms with van der Waals surface area (Å²) in [4.78, 5) is 4.89. The number of nitrogens with zero attached hydrogens (tertiary/aromatic N) is 2. The van der Waals surface area contributed by atoms with Crippen LogP contribution in [0.15, 0.2) is 158 Å². The van der Waals surface area contributed by atoms with E-state index in [4.69, 9.17) is 0 Å². The summed E-state index contributed by atoms with van der Waals surface area (Å²) in [5.41, 5.74) is 7.18. The summed E-state index contributed by atoms with van der Waals surface area (Å²) < 4.78 is 0. The van der Waals surface area contributed by atoms with Crippen LogP contribution in [0.25, 0.3) is 11.1 Å². The van der Waals surface area contributed by atoms with Crippen molar-refractivity contribution in [1.29, 1.82) is 0 Å². The maximum atomic E-state index is 2.60. The van der Waals surface area contributed by atoms with E-state index in [9.17, 15) is 0 Å². The molecule has 0 aromatic heterocycles. The van der Waals surface area contributed by atoms with E-state index < -0.39 is 0 Å². The summed E-state index contributed by atoms with van der Waals surface area (Å²) in [6, 6.07) is 39.9. The summed E-state index contributed by atoms with van der Waals surface area (Å²) in [5.74, 6) is 1.05. The molecule has 2 nitrogen and oxygen atoms in total. The molecule has 0 bridgehead atoms. The Morgan fingerprint density at radius 3 is 1.34 bits per heavy atom. The third-order valence-electron chi connectivity index (χ3n) is 8.03. The minimum atomic E-state index is 0.398. The van der Waals surface area contributed by atoms with E-state index in [-0.39, 0.29) is 0 Å². The maximum Gasteiger partial charge on any atom is 0.0551 e. The predicted octanol–water partition coefficient (Wildman–Crippen LogP) is 8.87. The van der Waals surface area contributed by atoms with Crippen LogP contribution in [0.1, 0.15) is 0 Å². The van der Waals surface area contributed by atoms with Gasteiger partial charge in [0.05, 0.1) is 12.1 Å².